The highest BCUT2D eigenvalue weighted by Crippen LogP contribution is 2.36. The van der Waals surface area contributed by atoms with E-state index in [-0.39, 0.29) is 11.7 Å². The van der Waals surface area contributed by atoms with Crippen LogP contribution in [-0.2, 0) is 11.3 Å². The van der Waals surface area contributed by atoms with E-state index in [4.69, 9.17) is 13.9 Å². The molecule has 24 heavy (non-hydrogen) atoms. The lowest BCUT2D eigenvalue weighted by Crippen LogP contribution is -2.65. The largest absolute Gasteiger partial charge is 0.473 e. The van der Waals surface area contributed by atoms with Crippen LogP contribution in [0.25, 0.3) is 0 Å². The van der Waals surface area contributed by atoms with Gasteiger partial charge in [-0.15, -0.1) is 0 Å². The van der Waals surface area contributed by atoms with Crippen molar-refractivity contribution < 1.29 is 13.9 Å². The molecule has 0 saturated carbocycles. The first-order valence-electron chi connectivity index (χ1n) is 8.47. The standard InChI is InChI=1S/C18H23N3O3/c1-13-8-19-9-17(20-13)24-15-5-6-22-18(7-15)11-21(12-18)10-16-4-3-14(2)23-16/h3-4,8-9,15H,5-7,10-12H2,1-2H3/t15-/m1/s1. The molecule has 2 aliphatic heterocycles. The molecule has 2 saturated heterocycles. The summed E-state index contributed by atoms with van der Waals surface area (Å²) in [7, 11) is 0. The lowest BCUT2D eigenvalue weighted by molar-refractivity contribution is -0.189. The Hall–Kier alpha value is -1.92. The van der Waals surface area contributed by atoms with E-state index in [0.717, 1.165) is 56.3 Å². The maximum Gasteiger partial charge on any atom is 0.232 e. The van der Waals surface area contributed by atoms with Crippen LogP contribution in [0.5, 0.6) is 5.88 Å². The van der Waals surface area contributed by atoms with Gasteiger partial charge in [0.05, 0.1) is 30.6 Å². The van der Waals surface area contributed by atoms with Gasteiger partial charge < -0.3 is 13.9 Å². The Labute approximate surface area is 141 Å². The zero-order valence-corrected chi connectivity index (χ0v) is 14.2. The number of nitrogens with zero attached hydrogens (tertiary/aromatic N) is 3. The van der Waals surface area contributed by atoms with Crippen molar-refractivity contribution >= 4 is 0 Å². The Morgan fingerprint density at radius 1 is 1.29 bits per heavy atom. The molecule has 0 unspecified atom stereocenters. The number of likely N-dealkylation sites (tertiary alicyclic amines) is 1. The highest BCUT2D eigenvalue weighted by Gasteiger charge is 2.48. The van der Waals surface area contributed by atoms with E-state index in [2.05, 4.69) is 14.9 Å². The Balaban J connectivity index is 1.32. The van der Waals surface area contributed by atoms with Gasteiger partial charge in [-0.3, -0.25) is 9.88 Å². The molecule has 0 bridgehead atoms. The third-order valence-corrected chi connectivity index (χ3v) is 4.67. The number of rotatable bonds is 4. The molecule has 4 rings (SSSR count). The van der Waals surface area contributed by atoms with Gasteiger partial charge in [0.2, 0.25) is 5.88 Å². The lowest BCUT2D eigenvalue weighted by atomic mass is 9.84. The molecule has 1 spiro atoms. The van der Waals surface area contributed by atoms with Crippen LogP contribution < -0.4 is 4.74 Å². The fraction of sp³-hybridized carbons (Fsp3) is 0.556. The van der Waals surface area contributed by atoms with Crippen LogP contribution in [0.4, 0.5) is 0 Å². The van der Waals surface area contributed by atoms with Crippen molar-refractivity contribution in [3.63, 3.8) is 0 Å². The molecule has 6 heteroatoms. The van der Waals surface area contributed by atoms with Crippen molar-refractivity contribution in [2.75, 3.05) is 19.7 Å². The number of hydrogen-bond acceptors (Lipinski definition) is 6. The first-order chi connectivity index (χ1) is 11.6. The second-order valence-electron chi connectivity index (χ2n) is 6.92. The zero-order valence-electron chi connectivity index (χ0n) is 14.2. The number of ether oxygens (including phenoxy) is 2. The minimum atomic E-state index is -0.0815. The van der Waals surface area contributed by atoms with Crippen molar-refractivity contribution in [3.05, 3.63) is 41.7 Å². The molecule has 0 aromatic carbocycles. The molecule has 2 fully saturated rings. The molecule has 2 aliphatic rings. The lowest BCUT2D eigenvalue weighted by Gasteiger charge is -2.52. The van der Waals surface area contributed by atoms with Crippen molar-refractivity contribution in [1.82, 2.24) is 14.9 Å². The first-order valence-corrected chi connectivity index (χ1v) is 8.47. The topological polar surface area (TPSA) is 60.6 Å². The van der Waals surface area contributed by atoms with Crippen LogP contribution in [0.3, 0.4) is 0 Å². The molecule has 6 nitrogen and oxygen atoms in total. The highest BCUT2D eigenvalue weighted by molar-refractivity contribution is 5.10. The molecule has 128 valence electrons. The SMILES string of the molecule is Cc1cncc(O[C@@H]2CCOC3(C2)CN(Cc2ccc(C)o2)C3)n1. The Morgan fingerprint density at radius 3 is 2.92 bits per heavy atom. The molecule has 1 atom stereocenters. The maximum absolute atomic E-state index is 6.08. The summed E-state index contributed by atoms with van der Waals surface area (Å²) in [6, 6.07) is 4.05. The van der Waals surface area contributed by atoms with Crippen molar-refractivity contribution in [1.29, 1.82) is 0 Å². The van der Waals surface area contributed by atoms with E-state index >= 15 is 0 Å². The van der Waals surface area contributed by atoms with Gasteiger partial charge in [0, 0.05) is 32.1 Å². The Kier molecular flexibility index (Phi) is 4.02. The molecular formula is C18H23N3O3. The van der Waals surface area contributed by atoms with Gasteiger partial charge in [-0.05, 0) is 26.0 Å². The molecule has 2 aromatic rings. The summed E-state index contributed by atoms with van der Waals surface area (Å²) in [6.45, 7) is 7.32. The van der Waals surface area contributed by atoms with Crippen LogP contribution in [0.1, 0.15) is 30.1 Å². The first kappa shape index (κ1) is 15.6. The number of aryl methyl sites for hydroxylation is 2. The minimum Gasteiger partial charge on any atom is -0.473 e. The molecular weight excluding hydrogens is 306 g/mol. The predicted molar refractivity (Wildman–Crippen MR) is 87.8 cm³/mol. The minimum absolute atomic E-state index is 0.0815. The monoisotopic (exact) mass is 329 g/mol. The van der Waals surface area contributed by atoms with E-state index in [9.17, 15) is 0 Å². The smallest absolute Gasteiger partial charge is 0.232 e. The average molecular weight is 329 g/mol. The van der Waals surface area contributed by atoms with Crippen molar-refractivity contribution in [2.45, 2.75) is 44.9 Å². The summed E-state index contributed by atoms with van der Waals surface area (Å²) in [5, 5.41) is 0. The van der Waals surface area contributed by atoms with Crippen LogP contribution in [0.15, 0.2) is 28.9 Å². The summed E-state index contributed by atoms with van der Waals surface area (Å²) >= 11 is 0. The van der Waals surface area contributed by atoms with Crippen LogP contribution >= 0.6 is 0 Å². The van der Waals surface area contributed by atoms with Gasteiger partial charge >= 0.3 is 0 Å². The van der Waals surface area contributed by atoms with Crippen molar-refractivity contribution in [3.8, 4) is 5.88 Å². The Bertz CT molecular complexity index is 709. The summed E-state index contributed by atoms with van der Waals surface area (Å²) in [6.07, 6.45) is 5.35. The summed E-state index contributed by atoms with van der Waals surface area (Å²) in [4.78, 5) is 10.9. The van der Waals surface area contributed by atoms with Gasteiger partial charge in [0.1, 0.15) is 17.6 Å². The second-order valence-corrected chi connectivity index (χ2v) is 6.92. The van der Waals surface area contributed by atoms with Crippen LogP contribution in [0, 0.1) is 13.8 Å². The number of furan rings is 1. The number of hydrogen-bond donors (Lipinski definition) is 0. The normalized spacial score (nSPS) is 23.2. The predicted octanol–water partition coefficient (Wildman–Crippen LogP) is 2.50. The van der Waals surface area contributed by atoms with Gasteiger partial charge in [-0.2, -0.15) is 0 Å². The molecule has 4 heterocycles. The average Bonchev–Trinajstić information content (AvgIpc) is 2.91. The quantitative estimate of drug-likeness (QED) is 0.859. The van der Waals surface area contributed by atoms with Gasteiger partial charge in [0.15, 0.2) is 0 Å². The van der Waals surface area contributed by atoms with Gasteiger partial charge in [-0.25, -0.2) is 4.98 Å². The molecule has 0 N–H and O–H groups in total. The second kappa shape index (κ2) is 6.18. The molecule has 0 amide bonds. The van der Waals surface area contributed by atoms with Gasteiger partial charge in [-0.1, -0.05) is 0 Å². The fourth-order valence-corrected chi connectivity index (χ4v) is 3.64. The zero-order chi connectivity index (χ0) is 16.6. The van der Waals surface area contributed by atoms with E-state index in [1.807, 2.05) is 26.0 Å². The fourth-order valence-electron chi connectivity index (χ4n) is 3.64. The van der Waals surface area contributed by atoms with Gasteiger partial charge in [0.25, 0.3) is 0 Å². The third-order valence-electron chi connectivity index (χ3n) is 4.67. The molecule has 0 radical (unpaired) electrons. The third kappa shape index (κ3) is 3.30. The summed E-state index contributed by atoms with van der Waals surface area (Å²) in [5.74, 6) is 2.59. The maximum atomic E-state index is 6.08. The van der Waals surface area contributed by atoms with E-state index in [0.29, 0.717) is 5.88 Å². The van der Waals surface area contributed by atoms with Crippen LogP contribution in [-0.4, -0.2) is 46.3 Å². The summed E-state index contributed by atoms with van der Waals surface area (Å²) < 4.78 is 17.8. The van der Waals surface area contributed by atoms with E-state index in [1.54, 1.807) is 12.4 Å². The van der Waals surface area contributed by atoms with Crippen molar-refractivity contribution in [2.24, 2.45) is 0 Å². The highest BCUT2D eigenvalue weighted by atomic mass is 16.5. The molecule has 2 aromatic heterocycles. The van der Waals surface area contributed by atoms with E-state index in [1.165, 1.54) is 0 Å². The summed E-state index contributed by atoms with van der Waals surface area (Å²) in [5.41, 5.74) is 0.791. The Morgan fingerprint density at radius 2 is 2.17 bits per heavy atom. The molecule has 0 aliphatic carbocycles. The number of aromatic nitrogens is 2. The van der Waals surface area contributed by atoms with Crippen LogP contribution in [0.2, 0.25) is 0 Å². The van der Waals surface area contributed by atoms with E-state index < -0.39 is 0 Å².